The Labute approximate surface area is 147 Å². The minimum atomic E-state index is -0.0212. The molecule has 5 nitrogen and oxygen atoms in total. The van der Waals surface area contributed by atoms with Crippen molar-refractivity contribution in [2.24, 2.45) is 0 Å². The number of nitrogens with one attached hydrogen (secondary N) is 1. The molecule has 0 radical (unpaired) electrons. The van der Waals surface area contributed by atoms with Gasteiger partial charge < -0.3 is 10.1 Å². The SMILES string of the molecule is COc1cc(CCC(=O)NCCc2ccc(C#N)cc2)ccc1C=O. The number of hydrogen-bond donors (Lipinski definition) is 1. The van der Waals surface area contributed by atoms with Crippen LogP contribution >= 0.6 is 0 Å². The lowest BCUT2D eigenvalue weighted by atomic mass is 10.1. The topological polar surface area (TPSA) is 79.2 Å². The Kier molecular flexibility index (Phi) is 6.73. The van der Waals surface area contributed by atoms with Gasteiger partial charge in [0.05, 0.1) is 24.3 Å². The number of carbonyl (C=O) groups is 2. The molecule has 0 saturated carbocycles. The smallest absolute Gasteiger partial charge is 0.220 e. The van der Waals surface area contributed by atoms with Crippen LogP contribution in [0.1, 0.15) is 33.5 Å². The Balaban J connectivity index is 1.77. The summed E-state index contributed by atoms with van der Waals surface area (Å²) in [5.74, 6) is 0.501. The summed E-state index contributed by atoms with van der Waals surface area (Å²) in [6.07, 6.45) is 2.42. The minimum Gasteiger partial charge on any atom is -0.496 e. The molecule has 0 aliphatic rings. The average molecular weight is 336 g/mol. The van der Waals surface area contributed by atoms with Crippen molar-refractivity contribution in [1.29, 1.82) is 5.26 Å². The third-order valence-corrected chi connectivity index (χ3v) is 3.88. The third kappa shape index (κ3) is 5.47. The van der Waals surface area contributed by atoms with Gasteiger partial charge in [0.15, 0.2) is 6.29 Å². The van der Waals surface area contributed by atoms with Crippen LogP contribution in [-0.2, 0) is 17.6 Å². The van der Waals surface area contributed by atoms with E-state index in [9.17, 15) is 9.59 Å². The van der Waals surface area contributed by atoms with Crippen molar-refractivity contribution in [3.63, 3.8) is 0 Å². The summed E-state index contributed by atoms with van der Waals surface area (Å²) < 4.78 is 5.16. The van der Waals surface area contributed by atoms with E-state index >= 15 is 0 Å². The second kappa shape index (κ2) is 9.24. The van der Waals surface area contributed by atoms with E-state index in [-0.39, 0.29) is 5.91 Å². The summed E-state index contributed by atoms with van der Waals surface area (Å²) in [6, 6.07) is 14.7. The van der Waals surface area contributed by atoms with Crippen LogP contribution in [0, 0.1) is 11.3 Å². The number of aldehydes is 1. The fraction of sp³-hybridized carbons (Fsp3) is 0.250. The molecule has 0 heterocycles. The summed E-state index contributed by atoms with van der Waals surface area (Å²) in [4.78, 5) is 22.8. The predicted molar refractivity (Wildman–Crippen MR) is 94.6 cm³/mol. The predicted octanol–water partition coefficient (Wildman–Crippen LogP) is 2.67. The van der Waals surface area contributed by atoms with Crippen molar-refractivity contribution in [3.05, 3.63) is 64.7 Å². The van der Waals surface area contributed by atoms with E-state index in [1.165, 1.54) is 7.11 Å². The fourth-order valence-corrected chi connectivity index (χ4v) is 2.45. The minimum absolute atomic E-state index is 0.0212. The maximum atomic E-state index is 11.9. The molecule has 0 unspecified atom stereocenters. The molecular formula is C20H20N2O3. The summed E-state index contributed by atoms with van der Waals surface area (Å²) >= 11 is 0. The van der Waals surface area contributed by atoms with Gasteiger partial charge in [0.25, 0.3) is 0 Å². The number of ether oxygens (including phenoxy) is 1. The van der Waals surface area contributed by atoms with Gasteiger partial charge >= 0.3 is 0 Å². The lowest BCUT2D eigenvalue weighted by Gasteiger charge is -2.08. The maximum absolute atomic E-state index is 11.9. The van der Waals surface area contributed by atoms with Gasteiger partial charge in [0.1, 0.15) is 5.75 Å². The van der Waals surface area contributed by atoms with Crippen molar-refractivity contribution in [2.75, 3.05) is 13.7 Å². The molecule has 0 bridgehead atoms. The van der Waals surface area contributed by atoms with E-state index in [2.05, 4.69) is 11.4 Å². The number of amides is 1. The van der Waals surface area contributed by atoms with E-state index in [4.69, 9.17) is 10.00 Å². The Morgan fingerprint density at radius 1 is 1.16 bits per heavy atom. The van der Waals surface area contributed by atoms with E-state index in [0.29, 0.717) is 36.3 Å². The zero-order valence-corrected chi connectivity index (χ0v) is 14.1. The normalized spacial score (nSPS) is 9.92. The molecule has 2 aromatic carbocycles. The zero-order chi connectivity index (χ0) is 18.1. The van der Waals surface area contributed by atoms with Crippen LogP contribution in [0.25, 0.3) is 0 Å². The Morgan fingerprint density at radius 2 is 1.88 bits per heavy atom. The molecule has 1 N–H and O–H groups in total. The number of nitriles is 1. The van der Waals surface area contributed by atoms with Crippen LogP contribution < -0.4 is 10.1 Å². The Bertz CT molecular complexity index is 777. The second-order valence-corrected chi connectivity index (χ2v) is 5.60. The standard InChI is InChI=1S/C20H20N2O3/c1-25-19-12-16(6-8-18(19)14-23)7-9-20(24)22-11-10-15-2-4-17(13-21)5-3-15/h2-6,8,12,14H,7,9-11H2,1H3,(H,22,24). The van der Waals surface area contributed by atoms with E-state index in [1.54, 1.807) is 24.3 Å². The molecule has 2 aromatic rings. The van der Waals surface area contributed by atoms with Crippen LogP contribution in [0.15, 0.2) is 42.5 Å². The maximum Gasteiger partial charge on any atom is 0.220 e. The van der Waals surface area contributed by atoms with Crippen molar-refractivity contribution < 1.29 is 14.3 Å². The molecule has 0 atom stereocenters. The fourth-order valence-electron chi connectivity index (χ4n) is 2.45. The number of aryl methyl sites for hydroxylation is 1. The number of benzene rings is 2. The molecule has 25 heavy (non-hydrogen) atoms. The van der Waals surface area contributed by atoms with Gasteiger partial charge in [-0.05, 0) is 48.2 Å². The van der Waals surface area contributed by atoms with Crippen LogP contribution in [0.5, 0.6) is 5.75 Å². The molecule has 0 aliphatic heterocycles. The van der Waals surface area contributed by atoms with Crippen LogP contribution in [0.4, 0.5) is 0 Å². The van der Waals surface area contributed by atoms with Crippen molar-refractivity contribution in [2.45, 2.75) is 19.3 Å². The second-order valence-electron chi connectivity index (χ2n) is 5.60. The summed E-state index contributed by atoms with van der Waals surface area (Å²) in [7, 11) is 1.52. The molecule has 1 amide bonds. The first kappa shape index (κ1) is 18.2. The molecule has 0 spiro atoms. The first-order valence-electron chi connectivity index (χ1n) is 8.04. The van der Waals surface area contributed by atoms with E-state index < -0.39 is 0 Å². The van der Waals surface area contributed by atoms with Crippen molar-refractivity contribution >= 4 is 12.2 Å². The highest BCUT2D eigenvalue weighted by Gasteiger charge is 2.06. The van der Waals surface area contributed by atoms with Gasteiger partial charge in [-0.3, -0.25) is 9.59 Å². The van der Waals surface area contributed by atoms with Gasteiger partial charge in [-0.1, -0.05) is 18.2 Å². The number of carbonyl (C=O) groups excluding carboxylic acids is 2. The van der Waals surface area contributed by atoms with Gasteiger partial charge in [-0.2, -0.15) is 5.26 Å². The van der Waals surface area contributed by atoms with Crippen LogP contribution in [-0.4, -0.2) is 25.8 Å². The summed E-state index contributed by atoms with van der Waals surface area (Å²) in [5.41, 5.74) is 3.15. The summed E-state index contributed by atoms with van der Waals surface area (Å²) in [5, 5.41) is 11.7. The quantitative estimate of drug-likeness (QED) is 0.752. The van der Waals surface area contributed by atoms with Crippen molar-refractivity contribution in [3.8, 4) is 11.8 Å². The monoisotopic (exact) mass is 336 g/mol. The molecule has 0 aromatic heterocycles. The van der Waals surface area contributed by atoms with E-state index in [1.807, 2.05) is 18.2 Å². The summed E-state index contributed by atoms with van der Waals surface area (Å²) in [6.45, 7) is 0.554. The van der Waals surface area contributed by atoms with Crippen LogP contribution in [0.2, 0.25) is 0 Å². The molecule has 128 valence electrons. The highest BCUT2D eigenvalue weighted by Crippen LogP contribution is 2.19. The molecule has 0 saturated heterocycles. The molecule has 5 heteroatoms. The number of hydrogen-bond acceptors (Lipinski definition) is 4. The first-order chi connectivity index (χ1) is 12.2. The number of methoxy groups -OCH3 is 1. The highest BCUT2D eigenvalue weighted by molar-refractivity contribution is 5.79. The Morgan fingerprint density at radius 3 is 2.52 bits per heavy atom. The van der Waals surface area contributed by atoms with Crippen molar-refractivity contribution in [1.82, 2.24) is 5.32 Å². The average Bonchev–Trinajstić information content (AvgIpc) is 2.66. The van der Waals surface area contributed by atoms with Crippen LogP contribution in [0.3, 0.4) is 0 Å². The lowest BCUT2D eigenvalue weighted by molar-refractivity contribution is -0.121. The number of rotatable bonds is 8. The van der Waals surface area contributed by atoms with Gasteiger partial charge in [-0.15, -0.1) is 0 Å². The molecule has 0 aliphatic carbocycles. The van der Waals surface area contributed by atoms with Gasteiger partial charge in [0.2, 0.25) is 5.91 Å². The molecule has 0 fully saturated rings. The molecular weight excluding hydrogens is 316 g/mol. The van der Waals surface area contributed by atoms with E-state index in [0.717, 1.165) is 23.8 Å². The Hall–Kier alpha value is -3.13. The van der Waals surface area contributed by atoms with Gasteiger partial charge in [-0.25, -0.2) is 0 Å². The largest absolute Gasteiger partial charge is 0.496 e. The third-order valence-electron chi connectivity index (χ3n) is 3.88. The van der Waals surface area contributed by atoms with Gasteiger partial charge in [0, 0.05) is 13.0 Å². The first-order valence-corrected chi connectivity index (χ1v) is 8.04. The molecule has 2 rings (SSSR count). The zero-order valence-electron chi connectivity index (χ0n) is 14.1. The highest BCUT2D eigenvalue weighted by atomic mass is 16.5. The lowest BCUT2D eigenvalue weighted by Crippen LogP contribution is -2.25. The number of nitrogens with zero attached hydrogens (tertiary/aromatic N) is 1.